The fourth-order valence-corrected chi connectivity index (χ4v) is 2.14. The molecule has 7 heteroatoms. The SMILES string of the molecule is Cc1ccc(C=CC(=O)N2CCNC(=O)C2CC(=O)O)o1. The highest BCUT2D eigenvalue weighted by Crippen LogP contribution is 2.12. The third-order valence-electron chi connectivity index (χ3n) is 3.13. The van der Waals surface area contributed by atoms with Gasteiger partial charge in [-0.25, -0.2) is 0 Å². The number of carboxylic acid groups (broad SMARTS) is 1. The van der Waals surface area contributed by atoms with Crippen molar-refractivity contribution in [3.63, 3.8) is 0 Å². The van der Waals surface area contributed by atoms with E-state index in [-0.39, 0.29) is 6.54 Å². The zero-order valence-electron chi connectivity index (χ0n) is 11.5. The van der Waals surface area contributed by atoms with E-state index < -0.39 is 30.2 Å². The molecule has 2 heterocycles. The second kappa shape index (κ2) is 6.25. The molecule has 7 nitrogen and oxygen atoms in total. The maximum atomic E-state index is 12.1. The Morgan fingerprint density at radius 2 is 2.29 bits per heavy atom. The summed E-state index contributed by atoms with van der Waals surface area (Å²) in [5.74, 6) is -0.731. The Bertz CT molecular complexity index is 590. The molecule has 1 aromatic rings. The molecule has 1 aromatic heterocycles. The summed E-state index contributed by atoms with van der Waals surface area (Å²) in [6.45, 7) is 2.38. The van der Waals surface area contributed by atoms with Crippen molar-refractivity contribution >= 4 is 23.9 Å². The first-order chi connectivity index (χ1) is 9.97. The molecule has 0 aliphatic carbocycles. The highest BCUT2D eigenvalue weighted by atomic mass is 16.4. The van der Waals surface area contributed by atoms with Crippen LogP contribution in [-0.2, 0) is 14.4 Å². The second-order valence-electron chi connectivity index (χ2n) is 4.72. The molecule has 0 radical (unpaired) electrons. The lowest BCUT2D eigenvalue weighted by molar-refractivity contribution is -0.146. The molecule has 1 atom stereocenters. The maximum absolute atomic E-state index is 12.1. The molecule has 1 fully saturated rings. The quantitative estimate of drug-likeness (QED) is 0.783. The van der Waals surface area contributed by atoms with E-state index in [0.717, 1.165) is 5.76 Å². The van der Waals surface area contributed by atoms with Crippen LogP contribution >= 0.6 is 0 Å². The van der Waals surface area contributed by atoms with Crippen LogP contribution in [0, 0.1) is 6.92 Å². The van der Waals surface area contributed by atoms with Gasteiger partial charge in [0.25, 0.3) is 0 Å². The van der Waals surface area contributed by atoms with Crippen LogP contribution in [0.4, 0.5) is 0 Å². The molecule has 2 rings (SSSR count). The van der Waals surface area contributed by atoms with Gasteiger partial charge in [0.1, 0.15) is 17.6 Å². The number of nitrogens with one attached hydrogen (secondary N) is 1. The molecular weight excluding hydrogens is 276 g/mol. The van der Waals surface area contributed by atoms with Crippen molar-refractivity contribution in [2.45, 2.75) is 19.4 Å². The summed E-state index contributed by atoms with van der Waals surface area (Å²) >= 11 is 0. The average molecular weight is 292 g/mol. The number of carboxylic acids is 1. The molecule has 2 amide bonds. The first kappa shape index (κ1) is 14.8. The van der Waals surface area contributed by atoms with Gasteiger partial charge in [-0.15, -0.1) is 0 Å². The second-order valence-corrected chi connectivity index (χ2v) is 4.72. The van der Waals surface area contributed by atoms with E-state index in [1.807, 2.05) is 0 Å². The number of aryl methyl sites for hydroxylation is 1. The molecular formula is C14H16N2O5. The molecule has 2 N–H and O–H groups in total. The maximum Gasteiger partial charge on any atom is 0.305 e. The van der Waals surface area contributed by atoms with E-state index >= 15 is 0 Å². The van der Waals surface area contributed by atoms with Gasteiger partial charge in [0.15, 0.2) is 0 Å². The minimum Gasteiger partial charge on any atom is -0.481 e. The number of piperazine rings is 1. The number of carbonyl (C=O) groups excluding carboxylic acids is 2. The van der Waals surface area contributed by atoms with Gasteiger partial charge >= 0.3 is 5.97 Å². The largest absolute Gasteiger partial charge is 0.481 e. The molecule has 0 saturated carbocycles. The summed E-state index contributed by atoms with van der Waals surface area (Å²) in [5, 5.41) is 11.4. The van der Waals surface area contributed by atoms with Crippen molar-refractivity contribution in [2.24, 2.45) is 0 Å². The standard InChI is InChI=1S/C14H16N2O5/c1-9-2-3-10(21-9)4-5-12(17)16-7-6-15-14(20)11(16)8-13(18)19/h2-5,11H,6-8H2,1H3,(H,15,20)(H,18,19). The predicted molar refractivity (Wildman–Crippen MR) is 73.2 cm³/mol. The van der Waals surface area contributed by atoms with Gasteiger partial charge in [0, 0.05) is 19.2 Å². The first-order valence-electron chi connectivity index (χ1n) is 6.52. The number of rotatable bonds is 4. The minimum atomic E-state index is -1.12. The Hall–Kier alpha value is -2.57. The third kappa shape index (κ3) is 3.71. The van der Waals surface area contributed by atoms with Gasteiger partial charge in [-0.05, 0) is 25.1 Å². The summed E-state index contributed by atoms with van der Waals surface area (Å²) in [6, 6.07) is 2.51. The summed E-state index contributed by atoms with van der Waals surface area (Å²) in [6.07, 6.45) is 2.37. The van der Waals surface area contributed by atoms with Crippen molar-refractivity contribution in [1.82, 2.24) is 10.2 Å². The summed E-state index contributed by atoms with van der Waals surface area (Å²) < 4.78 is 5.30. The Kier molecular flexibility index (Phi) is 4.42. The van der Waals surface area contributed by atoms with Gasteiger partial charge in [-0.2, -0.15) is 0 Å². The van der Waals surface area contributed by atoms with Crippen LogP contribution in [0.3, 0.4) is 0 Å². The smallest absolute Gasteiger partial charge is 0.305 e. The van der Waals surface area contributed by atoms with E-state index in [0.29, 0.717) is 12.3 Å². The van der Waals surface area contributed by atoms with Crippen LogP contribution < -0.4 is 5.32 Å². The van der Waals surface area contributed by atoms with Crippen molar-refractivity contribution in [2.75, 3.05) is 13.1 Å². The third-order valence-corrected chi connectivity index (χ3v) is 3.13. The van der Waals surface area contributed by atoms with Gasteiger partial charge in [-0.1, -0.05) is 0 Å². The number of amides is 2. The Morgan fingerprint density at radius 1 is 1.52 bits per heavy atom. The number of hydrogen-bond acceptors (Lipinski definition) is 4. The lowest BCUT2D eigenvalue weighted by atomic mass is 10.1. The zero-order valence-corrected chi connectivity index (χ0v) is 11.5. The van der Waals surface area contributed by atoms with Crippen LogP contribution in [0.5, 0.6) is 0 Å². The van der Waals surface area contributed by atoms with E-state index in [2.05, 4.69) is 5.32 Å². The molecule has 0 spiro atoms. The molecule has 0 bridgehead atoms. The van der Waals surface area contributed by atoms with E-state index in [9.17, 15) is 14.4 Å². The Morgan fingerprint density at radius 3 is 2.90 bits per heavy atom. The van der Waals surface area contributed by atoms with Gasteiger partial charge in [0.2, 0.25) is 11.8 Å². The Labute approximate surface area is 121 Å². The van der Waals surface area contributed by atoms with Crippen molar-refractivity contribution < 1.29 is 23.9 Å². The monoisotopic (exact) mass is 292 g/mol. The van der Waals surface area contributed by atoms with Crippen LogP contribution in [-0.4, -0.2) is 46.9 Å². The molecule has 1 unspecified atom stereocenters. The normalized spacial score (nSPS) is 18.8. The fourth-order valence-electron chi connectivity index (χ4n) is 2.14. The Balaban J connectivity index is 2.09. The van der Waals surface area contributed by atoms with Crippen molar-refractivity contribution in [1.29, 1.82) is 0 Å². The van der Waals surface area contributed by atoms with E-state index in [1.165, 1.54) is 17.1 Å². The fraction of sp³-hybridized carbons (Fsp3) is 0.357. The van der Waals surface area contributed by atoms with Gasteiger partial charge < -0.3 is 19.7 Å². The summed E-state index contributed by atoms with van der Waals surface area (Å²) in [5.41, 5.74) is 0. The van der Waals surface area contributed by atoms with Crippen LogP contribution in [0.2, 0.25) is 0 Å². The number of aliphatic carboxylic acids is 1. The van der Waals surface area contributed by atoms with Crippen molar-refractivity contribution in [3.8, 4) is 0 Å². The number of hydrogen-bond donors (Lipinski definition) is 2. The van der Waals surface area contributed by atoms with E-state index in [4.69, 9.17) is 9.52 Å². The molecule has 1 saturated heterocycles. The lowest BCUT2D eigenvalue weighted by Crippen LogP contribution is -2.57. The molecule has 21 heavy (non-hydrogen) atoms. The summed E-state index contributed by atoms with van der Waals surface area (Å²) in [7, 11) is 0. The van der Waals surface area contributed by atoms with Crippen molar-refractivity contribution in [3.05, 3.63) is 29.7 Å². The number of carbonyl (C=O) groups is 3. The average Bonchev–Trinajstić information content (AvgIpc) is 2.84. The van der Waals surface area contributed by atoms with Crippen LogP contribution in [0.1, 0.15) is 17.9 Å². The number of nitrogens with zero attached hydrogens (tertiary/aromatic N) is 1. The topological polar surface area (TPSA) is 99.9 Å². The highest BCUT2D eigenvalue weighted by Gasteiger charge is 2.33. The molecule has 1 aliphatic rings. The summed E-state index contributed by atoms with van der Waals surface area (Å²) in [4.78, 5) is 35.9. The molecule has 112 valence electrons. The first-order valence-corrected chi connectivity index (χ1v) is 6.52. The molecule has 1 aliphatic heterocycles. The van der Waals surface area contributed by atoms with Crippen LogP contribution in [0.25, 0.3) is 6.08 Å². The zero-order chi connectivity index (χ0) is 15.4. The van der Waals surface area contributed by atoms with Gasteiger partial charge in [-0.3, -0.25) is 14.4 Å². The van der Waals surface area contributed by atoms with Crippen LogP contribution in [0.15, 0.2) is 22.6 Å². The number of furan rings is 1. The minimum absolute atomic E-state index is 0.282. The van der Waals surface area contributed by atoms with E-state index in [1.54, 1.807) is 19.1 Å². The predicted octanol–water partition coefficient (Wildman–Crippen LogP) is 0.403. The highest BCUT2D eigenvalue weighted by molar-refractivity contribution is 5.97. The molecule has 0 aromatic carbocycles. The van der Waals surface area contributed by atoms with Gasteiger partial charge in [0.05, 0.1) is 6.42 Å². The lowest BCUT2D eigenvalue weighted by Gasteiger charge is -2.33.